The Morgan fingerprint density at radius 2 is 1.81 bits per heavy atom. The summed E-state index contributed by atoms with van der Waals surface area (Å²) in [5, 5.41) is 4.47. The zero-order valence-electron chi connectivity index (χ0n) is 12.4. The minimum Gasteiger partial charge on any atom is -0.309 e. The highest BCUT2D eigenvalue weighted by molar-refractivity contribution is 7.19. The predicted octanol–water partition coefficient (Wildman–Crippen LogP) is 4.97. The van der Waals surface area contributed by atoms with Gasteiger partial charge in [-0.05, 0) is 61.2 Å². The quantitative estimate of drug-likeness (QED) is 0.720. The molecule has 1 unspecified atom stereocenters. The number of hydrogen-bond acceptors (Lipinski definition) is 2. The van der Waals surface area contributed by atoms with Gasteiger partial charge < -0.3 is 5.32 Å². The van der Waals surface area contributed by atoms with Crippen molar-refractivity contribution in [2.75, 3.05) is 7.05 Å². The van der Waals surface area contributed by atoms with E-state index in [2.05, 4.69) is 43.4 Å². The molecule has 2 aromatic carbocycles. The van der Waals surface area contributed by atoms with E-state index < -0.39 is 0 Å². The van der Waals surface area contributed by atoms with Gasteiger partial charge in [0.2, 0.25) is 0 Å². The highest BCUT2D eigenvalue weighted by atomic mass is 32.1. The fraction of sp³-hybridized carbons (Fsp3) is 0.222. The first kappa shape index (κ1) is 14.2. The molecule has 0 fully saturated rings. The van der Waals surface area contributed by atoms with Crippen molar-refractivity contribution in [3.8, 4) is 0 Å². The smallest absolute Gasteiger partial charge is 0.124 e. The molecule has 0 radical (unpaired) electrons. The van der Waals surface area contributed by atoms with Crippen LogP contribution in [-0.2, 0) is 0 Å². The molecular weight excluding hydrogens is 281 g/mol. The van der Waals surface area contributed by atoms with Crippen LogP contribution in [0.2, 0.25) is 0 Å². The van der Waals surface area contributed by atoms with Gasteiger partial charge in [-0.1, -0.05) is 24.3 Å². The summed E-state index contributed by atoms with van der Waals surface area (Å²) in [6.45, 7) is 4.25. The van der Waals surface area contributed by atoms with Gasteiger partial charge in [-0.3, -0.25) is 0 Å². The van der Waals surface area contributed by atoms with Gasteiger partial charge in [0.1, 0.15) is 5.82 Å². The lowest BCUT2D eigenvalue weighted by molar-refractivity contribution is 0.630. The summed E-state index contributed by atoms with van der Waals surface area (Å²) in [5.74, 6) is -0.178. The third-order valence-electron chi connectivity index (χ3n) is 3.94. The van der Waals surface area contributed by atoms with Crippen LogP contribution >= 0.6 is 11.3 Å². The Morgan fingerprint density at radius 3 is 2.52 bits per heavy atom. The summed E-state index contributed by atoms with van der Waals surface area (Å²) in [4.78, 5) is 1.21. The average molecular weight is 299 g/mol. The van der Waals surface area contributed by atoms with E-state index in [1.54, 1.807) is 17.4 Å². The van der Waals surface area contributed by atoms with E-state index in [0.717, 1.165) is 10.1 Å². The van der Waals surface area contributed by atoms with Crippen LogP contribution in [0.1, 0.15) is 27.6 Å². The maximum atomic E-state index is 13.3. The number of fused-ring (bicyclic) bond motifs is 1. The minimum absolute atomic E-state index is 0.143. The molecule has 0 saturated heterocycles. The minimum atomic E-state index is -0.178. The second kappa shape index (κ2) is 5.58. The standard InChI is InChI=1S/C18H18FNS/c1-11-4-5-14(8-12(11)2)18(20-3)17-9-13-6-7-15(19)10-16(13)21-17/h4-10,18,20H,1-3H3. The Labute approximate surface area is 128 Å². The summed E-state index contributed by atoms with van der Waals surface area (Å²) in [7, 11) is 1.96. The molecule has 0 aliphatic carbocycles. The number of rotatable bonds is 3. The van der Waals surface area contributed by atoms with E-state index in [1.165, 1.54) is 27.6 Å². The molecule has 1 N–H and O–H groups in total. The molecule has 0 amide bonds. The molecule has 1 aromatic heterocycles. The molecule has 0 bridgehead atoms. The highest BCUT2D eigenvalue weighted by Crippen LogP contribution is 2.33. The zero-order chi connectivity index (χ0) is 15.0. The summed E-state index contributed by atoms with van der Waals surface area (Å²) >= 11 is 1.65. The first-order valence-electron chi connectivity index (χ1n) is 7.02. The number of aryl methyl sites for hydroxylation is 2. The molecule has 3 heteroatoms. The van der Waals surface area contributed by atoms with E-state index in [4.69, 9.17) is 0 Å². The Morgan fingerprint density at radius 1 is 1.00 bits per heavy atom. The molecule has 3 rings (SSSR count). The number of hydrogen-bond donors (Lipinski definition) is 1. The molecule has 0 saturated carbocycles. The van der Waals surface area contributed by atoms with Crippen LogP contribution in [-0.4, -0.2) is 7.05 Å². The number of benzene rings is 2. The molecule has 0 aliphatic heterocycles. The average Bonchev–Trinajstić information content (AvgIpc) is 2.86. The Bertz CT molecular complexity index is 791. The molecule has 1 heterocycles. The van der Waals surface area contributed by atoms with Crippen LogP contribution in [0.3, 0.4) is 0 Å². The fourth-order valence-electron chi connectivity index (χ4n) is 2.59. The summed E-state index contributed by atoms with van der Waals surface area (Å²) < 4.78 is 14.3. The van der Waals surface area contributed by atoms with Gasteiger partial charge in [0.15, 0.2) is 0 Å². The van der Waals surface area contributed by atoms with E-state index in [-0.39, 0.29) is 11.9 Å². The maximum Gasteiger partial charge on any atom is 0.124 e. The van der Waals surface area contributed by atoms with Crippen molar-refractivity contribution in [1.29, 1.82) is 0 Å². The highest BCUT2D eigenvalue weighted by Gasteiger charge is 2.15. The molecular formula is C18H18FNS. The SMILES string of the molecule is CNC(c1ccc(C)c(C)c1)c1cc2ccc(F)cc2s1. The van der Waals surface area contributed by atoms with E-state index in [0.29, 0.717) is 0 Å². The van der Waals surface area contributed by atoms with Gasteiger partial charge >= 0.3 is 0 Å². The third kappa shape index (κ3) is 2.71. The topological polar surface area (TPSA) is 12.0 Å². The zero-order valence-corrected chi connectivity index (χ0v) is 13.2. The van der Waals surface area contributed by atoms with Crippen molar-refractivity contribution >= 4 is 21.4 Å². The van der Waals surface area contributed by atoms with Crippen LogP contribution in [0.5, 0.6) is 0 Å². The Balaban J connectivity index is 2.06. The lowest BCUT2D eigenvalue weighted by atomic mass is 10.00. The first-order chi connectivity index (χ1) is 10.1. The van der Waals surface area contributed by atoms with Crippen molar-refractivity contribution in [2.24, 2.45) is 0 Å². The van der Waals surface area contributed by atoms with Crippen LogP contribution < -0.4 is 5.32 Å². The van der Waals surface area contributed by atoms with E-state index in [1.807, 2.05) is 13.1 Å². The van der Waals surface area contributed by atoms with Crippen LogP contribution in [0.4, 0.5) is 4.39 Å². The van der Waals surface area contributed by atoms with Crippen molar-refractivity contribution in [3.05, 3.63) is 69.8 Å². The maximum absolute atomic E-state index is 13.3. The van der Waals surface area contributed by atoms with Gasteiger partial charge in [0, 0.05) is 9.58 Å². The predicted molar refractivity (Wildman–Crippen MR) is 88.6 cm³/mol. The molecule has 0 spiro atoms. The third-order valence-corrected chi connectivity index (χ3v) is 5.10. The Kier molecular flexibility index (Phi) is 3.79. The van der Waals surface area contributed by atoms with Crippen LogP contribution in [0, 0.1) is 19.7 Å². The number of halogens is 1. The van der Waals surface area contributed by atoms with Crippen molar-refractivity contribution in [2.45, 2.75) is 19.9 Å². The molecule has 1 nitrogen and oxygen atoms in total. The van der Waals surface area contributed by atoms with Gasteiger partial charge in [-0.15, -0.1) is 11.3 Å². The number of nitrogens with one attached hydrogen (secondary N) is 1. The van der Waals surface area contributed by atoms with Gasteiger partial charge in [0.05, 0.1) is 6.04 Å². The molecule has 0 aliphatic rings. The second-order valence-electron chi connectivity index (χ2n) is 5.40. The number of thiophene rings is 1. The summed E-state index contributed by atoms with van der Waals surface area (Å²) in [6, 6.07) is 13.8. The van der Waals surface area contributed by atoms with Gasteiger partial charge in [0.25, 0.3) is 0 Å². The van der Waals surface area contributed by atoms with Crippen molar-refractivity contribution < 1.29 is 4.39 Å². The fourth-order valence-corrected chi connectivity index (χ4v) is 3.81. The van der Waals surface area contributed by atoms with Crippen molar-refractivity contribution in [1.82, 2.24) is 5.32 Å². The lowest BCUT2D eigenvalue weighted by Gasteiger charge is -2.16. The van der Waals surface area contributed by atoms with Crippen LogP contribution in [0.15, 0.2) is 42.5 Å². The van der Waals surface area contributed by atoms with Gasteiger partial charge in [-0.25, -0.2) is 4.39 Å². The van der Waals surface area contributed by atoms with E-state index in [9.17, 15) is 4.39 Å². The molecule has 1 atom stereocenters. The van der Waals surface area contributed by atoms with Crippen LogP contribution in [0.25, 0.3) is 10.1 Å². The monoisotopic (exact) mass is 299 g/mol. The normalized spacial score (nSPS) is 12.8. The van der Waals surface area contributed by atoms with Crippen molar-refractivity contribution in [3.63, 3.8) is 0 Å². The largest absolute Gasteiger partial charge is 0.309 e. The van der Waals surface area contributed by atoms with E-state index >= 15 is 0 Å². The molecule has 3 aromatic rings. The molecule has 21 heavy (non-hydrogen) atoms. The van der Waals surface area contributed by atoms with Gasteiger partial charge in [-0.2, -0.15) is 0 Å². The summed E-state index contributed by atoms with van der Waals surface area (Å²) in [5.41, 5.74) is 3.83. The lowest BCUT2D eigenvalue weighted by Crippen LogP contribution is -2.16. The first-order valence-corrected chi connectivity index (χ1v) is 7.83. The Hall–Kier alpha value is -1.71. The molecule has 108 valence electrons. The summed E-state index contributed by atoms with van der Waals surface area (Å²) in [6.07, 6.45) is 0. The second-order valence-corrected chi connectivity index (χ2v) is 6.51.